The number of rotatable bonds is 5. The second-order valence-corrected chi connectivity index (χ2v) is 8.24. The van der Waals surface area contributed by atoms with E-state index in [9.17, 15) is 9.59 Å². The Kier molecular flexibility index (Phi) is 7.98. The van der Waals surface area contributed by atoms with Crippen molar-refractivity contribution < 1.29 is 9.59 Å². The standard InChI is InChI=1S/C25H27N3O2.C2H6/c1-16-5-3-6-18(13-16)15-21-22(7-4-8-23(21)29)26-20-11-9-19(10-12-20)25-17(2)14-24(30)27-28-25;1-2/h3,5-6,9-13,17,26H,4,7-8,14-15H2,1-2H3,(H,27,30);1-2H3. The monoisotopic (exact) mass is 431 g/mol. The van der Waals surface area contributed by atoms with Crippen molar-refractivity contribution >= 4 is 23.1 Å². The van der Waals surface area contributed by atoms with Crippen molar-refractivity contribution in [1.29, 1.82) is 0 Å². The first kappa shape index (κ1) is 23.5. The molecule has 1 atom stereocenters. The number of hydrogen-bond acceptors (Lipinski definition) is 4. The number of nitrogens with one attached hydrogen (secondary N) is 2. The summed E-state index contributed by atoms with van der Waals surface area (Å²) in [5.41, 5.74) is 9.71. The first-order valence-electron chi connectivity index (χ1n) is 11.5. The van der Waals surface area contributed by atoms with Crippen molar-refractivity contribution in [3.8, 4) is 0 Å². The van der Waals surface area contributed by atoms with Crippen LogP contribution in [-0.2, 0) is 16.0 Å². The van der Waals surface area contributed by atoms with E-state index in [-0.39, 0.29) is 17.6 Å². The Labute approximate surface area is 191 Å². The Morgan fingerprint density at radius 2 is 1.81 bits per heavy atom. The molecule has 1 aliphatic carbocycles. The average molecular weight is 432 g/mol. The van der Waals surface area contributed by atoms with Crippen LogP contribution in [0.15, 0.2) is 64.9 Å². The van der Waals surface area contributed by atoms with Gasteiger partial charge in [0.15, 0.2) is 5.78 Å². The summed E-state index contributed by atoms with van der Waals surface area (Å²) in [6.07, 6.45) is 3.49. The molecule has 2 aromatic carbocycles. The van der Waals surface area contributed by atoms with Gasteiger partial charge in [-0.2, -0.15) is 5.10 Å². The maximum atomic E-state index is 12.7. The van der Waals surface area contributed by atoms with E-state index in [2.05, 4.69) is 41.0 Å². The van der Waals surface area contributed by atoms with Crippen molar-refractivity contribution in [2.45, 2.75) is 59.8 Å². The Hall–Kier alpha value is -3.21. The summed E-state index contributed by atoms with van der Waals surface area (Å²) < 4.78 is 0. The summed E-state index contributed by atoms with van der Waals surface area (Å²) in [6.45, 7) is 8.09. The molecule has 0 saturated heterocycles. The Bertz CT molecular complexity index is 1040. The highest BCUT2D eigenvalue weighted by Crippen LogP contribution is 2.27. The summed E-state index contributed by atoms with van der Waals surface area (Å²) in [7, 11) is 0. The molecule has 168 valence electrons. The maximum absolute atomic E-state index is 12.7. The summed E-state index contributed by atoms with van der Waals surface area (Å²) in [4.78, 5) is 24.1. The van der Waals surface area contributed by atoms with Gasteiger partial charge >= 0.3 is 0 Å². The zero-order chi connectivity index (χ0) is 23.1. The van der Waals surface area contributed by atoms with Crippen molar-refractivity contribution in [3.63, 3.8) is 0 Å². The minimum Gasteiger partial charge on any atom is -0.359 e. The number of nitrogens with zero attached hydrogens (tertiary/aromatic N) is 1. The van der Waals surface area contributed by atoms with Crippen LogP contribution in [-0.4, -0.2) is 17.4 Å². The molecule has 1 unspecified atom stereocenters. The summed E-state index contributed by atoms with van der Waals surface area (Å²) in [5, 5.41) is 7.72. The summed E-state index contributed by atoms with van der Waals surface area (Å²) >= 11 is 0. The van der Waals surface area contributed by atoms with Gasteiger partial charge in [0, 0.05) is 42.1 Å². The third-order valence-corrected chi connectivity index (χ3v) is 5.73. The fourth-order valence-corrected chi connectivity index (χ4v) is 4.17. The molecule has 5 heteroatoms. The molecule has 2 N–H and O–H groups in total. The van der Waals surface area contributed by atoms with Gasteiger partial charge in [-0.15, -0.1) is 0 Å². The predicted molar refractivity (Wildman–Crippen MR) is 131 cm³/mol. The summed E-state index contributed by atoms with van der Waals surface area (Å²) in [6, 6.07) is 16.4. The van der Waals surface area contributed by atoms with Gasteiger partial charge in [0.1, 0.15) is 0 Å². The molecule has 5 nitrogen and oxygen atoms in total. The highest BCUT2D eigenvalue weighted by atomic mass is 16.2. The molecular formula is C27H33N3O2. The Morgan fingerprint density at radius 1 is 1.06 bits per heavy atom. The van der Waals surface area contributed by atoms with Crippen molar-refractivity contribution in [2.24, 2.45) is 11.0 Å². The van der Waals surface area contributed by atoms with Crippen molar-refractivity contribution in [1.82, 2.24) is 5.43 Å². The zero-order valence-electron chi connectivity index (χ0n) is 19.5. The lowest BCUT2D eigenvalue weighted by Crippen LogP contribution is -2.31. The van der Waals surface area contributed by atoms with Gasteiger partial charge in [0.2, 0.25) is 5.91 Å². The number of anilines is 1. The molecule has 1 heterocycles. The molecule has 2 aliphatic rings. The molecule has 0 bridgehead atoms. The second kappa shape index (κ2) is 10.9. The number of benzene rings is 2. The lowest BCUT2D eigenvalue weighted by atomic mass is 9.89. The molecule has 1 aliphatic heterocycles. The van der Waals surface area contributed by atoms with Crippen molar-refractivity contribution in [3.05, 3.63) is 76.5 Å². The van der Waals surface area contributed by atoms with Crippen LogP contribution in [0, 0.1) is 12.8 Å². The second-order valence-electron chi connectivity index (χ2n) is 8.24. The van der Waals surface area contributed by atoms with Gasteiger partial charge in [0.25, 0.3) is 0 Å². The van der Waals surface area contributed by atoms with Crippen molar-refractivity contribution in [2.75, 3.05) is 5.32 Å². The molecule has 0 spiro atoms. The number of allylic oxidation sites excluding steroid dienone is 2. The average Bonchev–Trinajstić information content (AvgIpc) is 2.78. The highest BCUT2D eigenvalue weighted by Gasteiger charge is 2.23. The SMILES string of the molecule is CC.Cc1cccc(CC2=C(Nc3ccc(C4=NNC(=O)CC4C)cc3)CCCC2=O)c1. The molecular weight excluding hydrogens is 398 g/mol. The van der Waals surface area contributed by atoms with Crippen LogP contribution in [0.5, 0.6) is 0 Å². The lowest BCUT2D eigenvalue weighted by molar-refractivity contribution is -0.122. The quantitative estimate of drug-likeness (QED) is 0.653. The van der Waals surface area contributed by atoms with Gasteiger partial charge in [-0.1, -0.05) is 62.7 Å². The van der Waals surface area contributed by atoms with E-state index in [1.54, 1.807) is 0 Å². The van der Waals surface area contributed by atoms with Crippen LogP contribution < -0.4 is 10.7 Å². The molecule has 4 rings (SSSR count). The maximum Gasteiger partial charge on any atom is 0.240 e. The smallest absolute Gasteiger partial charge is 0.240 e. The van der Waals surface area contributed by atoms with Gasteiger partial charge in [0.05, 0.1) is 5.71 Å². The Morgan fingerprint density at radius 3 is 2.50 bits per heavy atom. The van der Waals surface area contributed by atoms with Gasteiger partial charge in [-0.3, -0.25) is 9.59 Å². The molecule has 32 heavy (non-hydrogen) atoms. The number of Topliss-reactive ketones (excluding diaryl/α,β-unsaturated/α-hetero) is 1. The van der Waals surface area contributed by atoms with E-state index in [0.717, 1.165) is 41.1 Å². The van der Waals surface area contributed by atoms with Gasteiger partial charge in [-0.25, -0.2) is 5.43 Å². The van der Waals surface area contributed by atoms with Crippen LogP contribution in [0.4, 0.5) is 5.69 Å². The number of hydrogen-bond donors (Lipinski definition) is 2. The van der Waals surface area contributed by atoms with E-state index in [1.165, 1.54) is 11.1 Å². The summed E-state index contributed by atoms with van der Waals surface area (Å²) in [5.74, 6) is 0.291. The van der Waals surface area contributed by atoms with Crippen LogP contribution in [0.3, 0.4) is 0 Å². The topological polar surface area (TPSA) is 70.6 Å². The predicted octanol–water partition coefficient (Wildman–Crippen LogP) is 5.54. The molecule has 0 saturated carbocycles. The molecule has 2 aromatic rings. The van der Waals surface area contributed by atoms with E-state index < -0.39 is 0 Å². The van der Waals surface area contributed by atoms with Gasteiger partial charge < -0.3 is 5.32 Å². The number of hydrazone groups is 1. The third kappa shape index (κ3) is 5.72. The minimum atomic E-state index is -0.0421. The van der Waals surface area contributed by atoms with Crippen LogP contribution >= 0.6 is 0 Å². The third-order valence-electron chi connectivity index (χ3n) is 5.73. The molecule has 0 radical (unpaired) electrons. The fraction of sp³-hybridized carbons (Fsp3) is 0.370. The number of carbonyl (C=O) groups is 2. The van der Waals surface area contributed by atoms with Crippen LogP contribution in [0.25, 0.3) is 0 Å². The largest absolute Gasteiger partial charge is 0.359 e. The molecule has 1 amide bonds. The number of ketones is 1. The first-order valence-corrected chi connectivity index (χ1v) is 11.5. The highest BCUT2D eigenvalue weighted by molar-refractivity contribution is 6.05. The molecule has 0 fully saturated rings. The number of aryl methyl sites for hydroxylation is 1. The first-order chi connectivity index (χ1) is 15.5. The number of amides is 1. The van der Waals surface area contributed by atoms with Crippen LogP contribution in [0.1, 0.15) is 63.1 Å². The molecule has 0 aromatic heterocycles. The fourth-order valence-electron chi connectivity index (χ4n) is 4.17. The van der Waals surface area contributed by atoms with E-state index >= 15 is 0 Å². The normalized spacial score (nSPS) is 18.4. The minimum absolute atomic E-state index is 0.0421. The lowest BCUT2D eigenvalue weighted by Gasteiger charge is -2.22. The van der Waals surface area contributed by atoms with E-state index in [4.69, 9.17) is 0 Å². The Balaban J connectivity index is 0.00000141. The van der Waals surface area contributed by atoms with E-state index in [1.807, 2.05) is 51.1 Å². The number of carbonyl (C=O) groups excluding carboxylic acids is 2. The van der Waals surface area contributed by atoms with Gasteiger partial charge in [-0.05, 0) is 43.0 Å². The van der Waals surface area contributed by atoms with Crippen LogP contribution in [0.2, 0.25) is 0 Å². The van der Waals surface area contributed by atoms with E-state index in [0.29, 0.717) is 19.3 Å². The zero-order valence-corrected chi connectivity index (χ0v) is 19.5.